The van der Waals surface area contributed by atoms with Crippen LogP contribution >= 0.6 is 11.6 Å². The van der Waals surface area contributed by atoms with Gasteiger partial charge in [0.15, 0.2) is 11.4 Å². The predicted octanol–water partition coefficient (Wildman–Crippen LogP) is 4.76. The number of aromatic nitrogens is 3. The lowest BCUT2D eigenvalue weighted by Gasteiger charge is -2.34. The van der Waals surface area contributed by atoms with Crippen molar-refractivity contribution in [1.29, 1.82) is 0 Å². The van der Waals surface area contributed by atoms with Crippen molar-refractivity contribution in [1.82, 2.24) is 24.9 Å². The molecule has 200 valence electrons. The van der Waals surface area contributed by atoms with Gasteiger partial charge in [-0.25, -0.2) is 4.98 Å². The summed E-state index contributed by atoms with van der Waals surface area (Å²) in [4.78, 5) is 13.6. The quantitative estimate of drug-likeness (QED) is 0.281. The molecule has 3 aromatic carbocycles. The molecule has 5 aromatic rings. The molecule has 1 aliphatic heterocycles. The van der Waals surface area contributed by atoms with Crippen molar-refractivity contribution >= 4 is 22.7 Å². The van der Waals surface area contributed by atoms with Crippen molar-refractivity contribution in [3.05, 3.63) is 83.6 Å². The second-order valence-electron chi connectivity index (χ2n) is 9.58. The fourth-order valence-corrected chi connectivity index (χ4v) is 4.73. The van der Waals surface area contributed by atoms with Gasteiger partial charge in [0.05, 0.1) is 6.54 Å². The van der Waals surface area contributed by atoms with Crippen molar-refractivity contribution in [3.63, 3.8) is 0 Å². The van der Waals surface area contributed by atoms with Gasteiger partial charge < -0.3 is 18.8 Å². The van der Waals surface area contributed by atoms with Gasteiger partial charge in [-0.3, -0.25) is 9.80 Å². The lowest BCUT2D eigenvalue weighted by molar-refractivity contribution is 0.0440. The smallest absolute Gasteiger partial charge is 0.257 e. The van der Waals surface area contributed by atoms with E-state index < -0.39 is 6.10 Å². The van der Waals surface area contributed by atoms with Crippen LogP contribution in [0.15, 0.2) is 81.7 Å². The molecule has 0 amide bonds. The number of halogens is 1. The summed E-state index contributed by atoms with van der Waals surface area (Å²) in [5, 5.41) is 15.4. The molecule has 0 aliphatic carbocycles. The molecule has 0 radical (unpaired) electrons. The number of hydrogen-bond donors (Lipinski definition) is 1. The van der Waals surface area contributed by atoms with Crippen LogP contribution < -0.4 is 4.74 Å². The third-order valence-electron chi connectivity index (χ3n) is 6.68. The van der Waals surface area contributed by atoms with Gasteiger partial charge in [-0.15, -0.1) is 0 Å². The van der Waals surface area contributed by atoms with Crippen molar-refractivity contribution in [2.45, 2.75) is 12.6 Å². The summed E-state index contributed by atoms with van der Waals surface area (Å²) in [7, 11) is 0. The molecule has 9 nitrogen and oxygen atoms in total. The zero-order valence-electron chi connectivity index (χ0n) is 21.2. The number of ether oxygens (including phenoxy) is 1. The highest BCUT2D eigenvalue weighted by atomic mass is 35.5. The van der Waals surface area contributed by atoms with Crippen LogP contribution in [0.1, 0.15) is 5.82 Å². The van der Waals surface area contributed by atoms with Crippen LogP contribution in [0.25, 0.3) is 34.0 Å². The van der Waals surface area contributed by atoms with E-state index in [-0.39, 0.29) is 6.61 Å². The summed E-state index contributed by atoms with van der Waals surface area (Å²) in [5.74, 6) is 2.37. The Kier molecular flexibility index (Phi) is 7.55. The summed E-state index contributed by atoms with van der Waals surface area (Å²) >= 11 is 5.95. The molecule has 1 N–H and O–H groups in total. The maximum absolute atomic E-state index is 10.6. The van der Waals surface area contributed by atoms with Gasteiger partial charge in [0.2, 0.25) is 5.89 Å². The molecule has 0 saturated carbocycles. The van der Waals surface area contributed by atoms with Gasteiger partial charge in [0, 0.05) is 54.9 Å². The molecular formula is C29H28ClN5O4. The van der Waals surface area contributed by atoms with E-state index in [1.807, 2.05) is 60.7 Å². The van der Waals surface area contributed by atoms with E-state index in [0.29, 0.717) is 47.1 Å². The van der Waals surface area contributed by atoms with Crippen LogP contribution in [0.5, 0.6) is 5.75 Å². The largest absolute Gasteiger partial charge is 0.491 e. The highest BCUT2D eigenvalue weighted by Crippen LogP contribution is 2.27. The Balaban J connectivity index is 0.956. The standard InChI is InChI=1S/C29H28ClN5O4/c30-22-8-6-21(7-9-22)29-32-27(33-39-29)18-35-14-12-34(13-15-35)17-23(36)19-37-24-10-11-26-25(16-24)31-28(38-26)20-4-2-1-3-5-20/h1-11,16,23,36H,12-15,17-19H2. The molecule has 0 bridgehead atoms. The molecule has 10 heteroatoms. The zero-order chi connectivity index (χ0) is 26.6. The van der Waals surface area contributed by atoms with E-state index in [0.717, 1.165) is 42.8 Å². The minimum atomic E-state index is -0.608. The number of aliphatic hydroxyl groups is 1. The van der Waals surface area contributed by atoms with Crippen LogP contribution in [-0.2, 0) is 6.54 Å². The second-order valence-corrected chi connectivity index (χ2v) is 10.0. The molecule has 1 atom stereocenters. The molecular weight excluding hydrogens is 518 g/mol. The number of oxazole rings is 1. The topological polar surface area (TPSA) is 101 Å². The zero-order valence-corrected chi connectivity index (χ0v) is 22.0. The maximum atomic E-state index is 10.6. The van der Waals surface area contributed by atoms with E-state index in [1.54, 1.807) is 12.1 Å². The van der Waals surface area contributed by atoms with Crippen LogP contribution in [0.2, 0.25) is 5.02 Å². The molecule has 0 spiro atoms. The molecule has 1 unspecified atom stereocenters. The lowest BCUT2D eigenvalue weighted by Crippen LogP contribution is -2.48. The van der Waals surface area contributed by atoms with Gasteiger partial charge in [0.1, 0.15) is 24.0 Å². The summed E-state index contributed by atoms with van der Waals surface area (Å²) in [6.07, 6.45) is -0.608. The maximum Gasteiger partial charge on any atom is 0.257 e. The minimum absolute atomic E-state index is 0.200. The Morgan fingerprint density at radius 3 is 2.41 bits per heavy atom. The number of rotatable bonds is 9. The van der Waals surface area contributed by atoms with E-state index in [2.05, 4.69) is 24.9 Å². The molecule has 1 fully saturated rings. The van der Waals surface area contributed by atoms with E-state index in [4.69, 9.17) is 25.3 Å². The first-order chi connectivity index (χ1) is 19.1. The van der Waals surface area contributed by atoms with Crippen LogP contribution in [0.3, 0.4) is 0 Å². The van der Waals surface area contributed by atoms with Gasteiger partial charge in [-0.2, -0.15) is 4.98 Å². The number of nitrogens with zero attached hydrogens (tertiary/aromatic N) is 5. The predicted molar refractivity (Wildman–Crippen MR) is 147 cm³/mol. The fraction of sp³-hybridized carbons (Fsp3) is 0.276. The Morgan fingerprint density at radius 2 is 1.62 bits per heavy atom. The Hall–Kier alpha value is -3.76. The minimum Gasteiger partial charge on any atom is -0.491 e. The Morgan fingerprint density at radius 1 is 0.872 bits per heavy atom. The second kappa shape index (κ2) is 11.5. The van der Waals surface area contributed by atoms with Crippen molar-refractivity contribution in [2.75, 3.05) is 39.3 Å². The van der Waals surface area contributed by atoms with Crippen LogP contribution in [-0.4, -0.2) is 75.5 Å². The highest BCUT2D eigenvalue weighted by Gasteiger charge is 2.21. The average Bonchev–Trinajstić information content (AvgIpc) is 3.61. The fourth-order valence-electron chi connectivity index (χ4n) is 4.60. The van der Waals surface area contributed by atoms with Crippen LogP contribution in [0, 0.1) is 0 Å². The molecule has 6 rings (SSSR count). The number of hydrogen-bond acceptors (Lipinski definition) is 9. The molecule has 1 saturated heterocycles. The summed E-state index contributed by atoms with van der Waals surface area (Å²) in [5.41, 5.74) is 3.18. The van der Waals surface area contributed by atoms with Gasteiger partial charge >= 0.3 is 0 Å². The van der Waals surface area contributed by atoms with Crippen molar-refractivity contribution in [3.8, 4) is 28.7 Å². The van der Waals surface area contributed by atoms with Crippen molar-refractivity contribution in [2.24, 2.45) is 0 Å². The monoisotopic (exact) mass is 545 g/mol. The van der Waals surface area contributed by atoms with Gasteiger partial charge in [-0.1, -0.05) is 35.0 Å². The first-order valence-electron chi connectivity index (χ1n) is 12.9. The first-order valence-corrected chi connectivity index (χ1v) is 13.3. The molecule has 39 heavy (non-hydrogen) atoms. The third kappa shape index (κ3) is 6.29. The number of fused-ring (bicyclic) bond motifs is 1. The van der Waals surface area contributed by atoms with Gasteiger partial charge in [-0.05, 0) is 48.5 Å². The van der Waals surface area contributed by atoms with Gasteiger partial charge in [0.25, 0.3) is 5.89 Å². The summed E-state index contributed by atoms with van der Waals surface area (Å²) in [6, 6.07) is 22.6. The lowest BCUT2D eigenvalue weighted by atomic mass is 10.2. The Labute approximate surface area is 230 Å². The number of benzene rings is 3. The summed E-state index contributed by atoms with van der Waals surface area (Å²) in [6.45, 7) is 4.74. The van der Waals surface area contributed by atoms with E-state index >= 15 is 0 Å². The molecule has 2 aromatic heterocycles. The molecule has 1 aliphatic rings. The van der Waals surface area contributed by atoms with E-state index in [1.165, 1.54) is 0 Å². The number of β-amino-alcohol motifs (C(OH)–C–C–N with tert-alkyl or cyclic N) is 1. The number of piperazine rings is 1. The average molecular weight is 546 g/mol. The SMILES string of the molecule is OC(COc1ccc2oc(-c3ccccc3)nc2c1)CN1CCN(Cc2noc(-c3ccc(Cl)cc3)n2)CC1. The molecule has 3 heterocycles. The third-order valence-corrected chi connectivity index (χ3v) is 6.93. The highest BCUT2D eigenvalue weighted by molar-refractivity contribution is 6.30. The number of aliphatic hydroxyl groups excluding tert-OH is 1. The van der Waals surface area contributed by atoms with Crippen molar-refractivity contribution < 1.29 is 18.8 Å². The van der Waals surface area contributed by atoms with E-state index in [9.17, 15) is 5.11 Å². The van der Waals surface area contributed by atoms with Crippen LogP contribution in [0.4, 0.5) is 0 Å². The Bertz CT molecular complexity index is 1510. The first kappa shape index (κ1) is 25.5. The summed E-state index contributed by atoms with van der Waals surface area (Å²) < 4.78 is 17.2. The normalized spacial score (nSPS) is 15.5.